The highest BCUT2D eigenvalue weighted by Crippen LogP contribution is 2.29. The van der Waals surface area contributed by atoms with Gasteiger partial charge in [-0.1, -0.05) is 25.1 Å². The number of nitrogens with one attached hydrogen (secondary N) is 1. The first-order valence-electron chi connectivity index (χ1n) is 9.91. The summed E-state index contributed by atoms with van der Waals surface area (Å²) in [5.74, 6) is 0.546. The topological polar surface area (TPSA) is 41.5 Å². The molecule has 0 fully saturated rings. The highest BCUT2D eigenvalue weighted by atomic mass is 32.1. The number of thiophene rings is 1. The fourth-order valence-electron chi connectivity index (χ4n) is 3.69. The third-order valence-electron chi connectivity index (χ3n) is 5.40. The number of benzene rings is 2. The van der Waals surface area contributed by atoms with Gasteiger partial charge in [-0.25, -0.2) is 4.39 Å². The maximum Gasteiger partial charge on any atom is 0.256 e. The highest BCUT2D eigenvalue weighted by Gasteiger charge is 2.19. The van der Waals surface area contributed by atoms with Crippen LogP contribution in [0.15, 0.2) is 65.0 Å². The maximum absolute atomic E-state index is 13.1. The second kappa shape index (κ2) is 8.70. The zero-order chi connectivity index (χ0) is 20.2. The van der Waals surface area contributed by atoms with Gasteiger partial charge in [0.15, 0.2) is 0 Å². The van der Waals surface area contributed by atoms with E-state index in [2.05, 4.69) is 52.9 Å². The fourth-order valence-corrected chi connectivity index (χ4v) is 4.64. The van der Waals surface area contributed by atoms with Crippen LogP contribution in [0.25, 0.3) is 0 Å². The molecule has 3 aromatic rings. The number of hydrogen-bond donors (Lipinski definition) is 1. The molecule has 0 saturated heterocycles. The molecule has 1 aromatic heterocycles. The number of aliphatic imine (C=N–C) groups is 1. The molecule has 0 saturated carbocycles. The number of rotatable bonds is 6. The predicted molar refractivity (Wildman–Crippen MR) is 116 cm³/mol. The summed E-state index contributed by atoms with van der Waals surface area (Å²) in [7, 11) is 0. The number of aryl methyl sites for hydroxylation is 1. The molecule has 1 amide bonds. The molecule has 1 atom stereocenters. The average Bonchev–Trinajstić information content (AvgIpc) is 3.40. The lowest BCUT2D eigenvalue weighted by Crippen LogP contribution is -2.30. The SMILES string of the molecule is CCC(CCc1ccc2c(c1)C(NC(=O)c1ccc(F)cc1)=NC2)c1cccs1. The maximum atomic E-state index is 13.1. The molecule has 0 bridgehead atoms. The van der Waals surface area contributed by atoms with Gasteiger partial charge in [0.05, 0.1) is 6.54 Å². The largest absolute Gasteiger partial charge is 0.306 e. The van der Waals surface area contributed by atoms with Crippen LogP contribution in [0, 0.1) is 5.82 Å². The Morgan fingerprint density at radius 2 is 2.03 bits per heavy atom. The van der Waals surface area contributed by atoms with Crippen LogP contribution in [0.3, 0.4) is 0 Å². The van der Waals surface area contributed by atoms with Gasteiger partial charge in [0, 0.05) is 16.0 Å². The first-order valence-corrected chi connectivity index (χ1v) is 10.8. The summed E-state index contributed by atoms with van der Waals surface area (Å²) in [4.78, 5) is 18.4. The zero-order valence-electron chi connectivity index (χ0n) is 16.3. The van der Waals surface area contributed by atoms with Crippen LogP contribution in [0.4, 0.5) is 4.39 Å². The molecule has 0 aliphatic carbocycles. The van der Waals surface area contributed by atoms with Crippen molar-refractivity contribution < 1.29 is 9.18 Å². The van der Waals surface area contributed by atoms with Crippen molar-refractivity contribution >= 4 is 23.1 Å². The fraction of sp³-hybridized carbons (Fsp3) is 0.250. The number of halogens is 1. The minimum absolute atomic E-state index is 0.272. The second-order valence-corrected chi connectivity index (χ2v) is 8.26. The Balaban J connectivity index is 1.45. The van der Waals surface area contributed by atoms with E-state index in [4.69, 9.17) is 0 Å². The molecule has 148 valence electrons. The molecule has 1 unspecified atom stereocenters. The van der Waals surface area contributed by atoms with Crippen LogP contribution in [-0.4, -0.2) is 11.7 Å². The van der Waals surface area contributed by atoms with Crippen molar-refractivity contribution in [3.05, 3.63) is 92.9 Å². The first-order chi connectivity index (χ1) is 14.1. The molecule has 2 heterocycles. The number of amidine groups is 1. The van der Waals surface area contributed by atoms with E-state index < -0.39 is 0 Å². The molecule has 1 N–H and O–H groups in total. The van der Waals surface area contributed by atoms with Gasteiger partial charge in [0.1, 0.15) is 11.7 Å². The second-order valence-electron chi connectivity index (χ2n) is 7.28. The molecule has 0 spiro atoms. The van der Waals surface area contributed by atoms with Crippen molar-refractivity contribution in [3.63, 3.8) is 0 Å². The molecule has 3 nitrogen and oxygen atoms in total. The Bertz CT molecular complexity index is 1030. The average molecular weight is 407 g/mol. The summed E-state index contributed by atoms with van der Waals surface area (Å²) < 4.78 is 13.1. The van der Waals surface area contributed by atoms with E-state index in [1.54, 1.807) is 0 Å². The van der Waals surface area contributed by atoms with Gasteiger partial charge in [0.2, 0.25) is 0 Å². The Labute approximate surface area is 174 Å². The van der Waals surface area contributed by atoms with Crippen LogP contribution in [0.2, 0.25) is 0 Å². The van der Waals surface area contributed by atoms with Crippen LogP contribution >= 0.6 is 11.3 Å². The van der Waals surface area contributed by atoms with Crippen LogP contribution in [0.1, 0.15) is 57.6 Å². The molecule has 4 rings (SSSR count). The summed E-state index contributed by atoms with van der Waals surface area (Å²) in [6.07, 6.45) is 3.22. The van der Waals surface area contributed by atoms with E-state index in [-0.39, 0.29) is 11.7 Å². The Morgan fingerprint density at radius 3 is 2.76 bits per heavy atom. The van der Waals surface area contributed by atoms with E-state index in [1.165, 1.54) is 34.7 Å². The van der Waals surface area contributed by atoms with Gasteiger partial charge >= 0.3 is 0 Å². The molecule has 5 heteroatoms. The van der Waals surface area contributed by atoms with E-state index in [9.17, 15) is 9.18 Å². The summed E-state index contributed by atoms with van der Waals surface area (Å²) in [6, 6.07) is 16.3. The van der Waals surface area contributed by atoms with Gasteiger partial charge in [0.25, 0.3) is 5.91 Å². The van der Waals surface area contributed by atoms with Crippen LogP contribution in [0.5, 0.6) is 0 Å². The summed E-state index contributed by atoms with van der Waals surface area (Å²) >= 11 is 1.83. The molecular formula is C24H23FN2OS. The predicted octanol–water partition coefficient (Wildman–Crippen LogP) is 5.70. The first kappa shape index (κ1) is 19.5. The summed E-state index contributed by atoms with van der Waals surface area (Å²) in [5.41, 5.74) is 3.78. The third kappa shape index (κ3) is 4.46. The van der Waals surface area contributed by atoms with Crippen molar-refractivity contribution in [3.8, 4) is 0 Å². The van der Waals surface area contributed by atoms with Crippen molar-refractivity contribution in [1.82, 2.24) is 5.32 Å². The lowest BCUT2D eigenvalue weighted by atomic mass is 9.94. The van der Waals surface area contributed by atoms with Crippen molar-refractivity contribution in [2.24, 2.45) is 4.99 Å². The van der Waals surface area contributed by atoms with Gasteiger partial charge in [-0.3, -0.25) is 9.79 Å². The van der Waals surface area contributed by atoms with Crippen molar-refractivity contribution in [2.75, 3.05) is 0 Å². The third-order valence-corrected chi connectivity index (χ3v) is 6.43. The molecule has 2 aromatic carbocycles. The minimum Gasteiger partial charge on any atom is -0.306 e. The number of carbonyl (C=O) groups excluding carboxylic acids is 1. The molecule has 29 heavy (non-hydrogen) atoms. The van der Waals surface area contributed by atoms with Gasteiger partial charge in [-0.05, 0) is 78.1 Å². The van der Waals surface area contributed by atoms with E-state index in [1.807, 2.05) is 11.3 Å². The quantitative estimate of drug-likeness (QED) is 0.560. The van der Waals surface area contributed by atoms with E-state index in [0.29, 0.717) is 23.9 Å². The van der Waals surface area contributed by atoms with Gasteiger partial charge in [-0.2, -0.15) is 0 Å². The number of hydrogen-bond acceptors (Lipinski definition) is 3. The number of carbonyl (C=O) groups is 1. The highest BCUT2D eigenvalue weighted by molar-refractivity contribution is 7.10. The van der Waals surface area contributed by atoms with Gasteiger partial charge in [-0.15, -0.1) is 11.3 Å². The molecule has 1 aliphatic heterocycles. The van der Waals surface area contributed by atoms with Crippen LogP contribution < -0.4 is 5.32 Å². The van der Waals surface area contributed by atoms with Gasteiger partial charge < -0.3 is 5.32 Å². The number of fused-ring (bicyclic) bond motifs is 1. The van der Waals surface area contributed by atoms with Crippen molar-refractivity contribution in [1.29, 1.82) is 0 Å². The number of amides is 1. The Hall–Kier alpha value is -2.79. The molecule has 0 radical (unpaired) electrons. The zero-order valence-corrected chi connectivity index (χ0v) is 17.1. The van der Waals surface area contributed by atoms with Crippen LogP contribution in [-0.2, 0) is 13.0 Å². The molecule has 1 aliphatic rings. The normalized spacial score (nSPS) is 13.7. The number of nitrogens with zero attached hydrogens (tertiary/aromatic N) is 1. The Kier molecular flexibility index (Phi) is 5.86. The smallest absolute Gasteiger partial charge is 0.256 e. The standard InChI is InChI=1S/C24H23FN2OS/c1-2-17(22-4-3-13-29-22)7-5-16-6-8-19-15-26-23(21(19)14-16)27-24(28)18-9-11-20(25)12-10-18/h3-4,6,8-14,17H,2,5,7,15H2,1H3,(H,26,27,28). The summed E-state index contributed by atoms with van der Waals surface area (Å²) in [5, 5.41) is 5.03. The minimum atomic E-state index is -0.359. The van der Waals surface area contributed by atoms with E-state index in [0.717, 1.165) is 30.4 Å². The Morgan fingerprint density at radius 1 is 1.21 bits per heavy atom. The van der Waals surface area contributed by atoms with E-state index >= 15 is 0 Å². The van der Waals surface area contributed by atoms with Crippen molar-refractivity contribution in [2.45, 2.75) is 38.6 Å². The monoisotopic (exact) mass is 406 g/mol. The lowest BCUT2D eigenvalue weighted by Gasteiger charge is -2.14. The summed E-state index contributed by atoms with van der Waals surface area (Å²) in [6.45, 7) is 2.81. The lowest BCUT2D eigenvalue weighted by molar-refractivity contribution is 0.0977. The molecular weight excluding hydrogens is 383 g/mol.